The minimum atomic E-state index is 0.0958. The van der Waals surface area contributed by atoms with E-state index in [0.717, 1.165) is 32.0 Å². The summed E-state index contributed by atoms with van der Waals surface area (Å²) in [5, 5.41) is 9.35. The second-order valence-electron chi connectivity index (χ2n) is 5.62. The minimum absolute atomic E-state index is 0.0958. The third kappa shape index (κ3) is 7.60. The van der Waals surface area contributed by atoms with Gasteiger partial charge in [-0.3, -0.25) is 9.79 Å². The van der Waals surface area contributed by atoms with Crippen LogP contribution in [-0.4, -0.2) is 48.5 Å². The highest BCUT2D eigenvalue weighted by Crippen LogP contribution is 2.37. The number of nitrogens with one attached hydrogen (secondary N) is 3. The van der Waals surface area contributed by atoms with Crippen LogP contribution in [0.2, 0.25) is 0 Å². The average Bonchev–Trinajstić information content (AvgIpc) is 2.90. The van der Waals surface area contributed by atoms with Crippen molar-refractivity contribution in [3.63, 3.8) is 0 Å². The van der Waals surface area contributed by atoms with E-state index < -0.39 is 0 Å². The van der Waals surface area contributed by atoms with Crippen molar-refractivity contribution >= 4 is 23.6 Å². The molecule has 21 heavy (non-hydrogen) atoms. The fraction of sp³-hybridized carbons (Fsp3) is 0.867. The maximum Gasteiger partial charge on any atom is 0.221 e. The van der Waals surface area contributed by atoms with Gasteiger partial charge in [0, 0.05) is 30.8 Å². The van der Waals surface area contributed by atoms with Gasteiger partial charge < -0.3 is 16.0 Å². The molecule has 1 aliphatic heterocycles. The van der Waals surface area contributed by atoms with Crippen molar-refractivity contribution in [1.29, 1.82) is 0 Å². The molecule has 1 unspecified atom stereocenters. The fourth-order valence-electron chi connectivity index (χ4n) is 2.20. The molecular weight excluding hydrogens is 284 g/mol. The number of carbonyl (C=O) groups excluding carboxylic acids is 1. The zero-order valence-corrected chi connectivity index (χ0v) is 14.4. The van der Waals surface area contributed by atoms with Gasteiger partial charge in [-0.2, -0.15) is 11.8 Å². The summed E-state index contributed by atoms with van der Waals surface area (Å²) in [4.78, 5) is 16.2. The third-order valence-corrected chi connectivity index (χ3v) is 4.96. The highest BCUT2D eigenvalue weighted by molar-refractivity contribution is 8.00. The summed E-state index contributed by atoms with van der Waals surface area (Å²) in [5.74, 6) is 2.15. The van der Waals surface area contributed by atoms with E-state index in [1.54, 1.807) is 0 Å². The van der Waals surface area contributed by atoms with Crippen molar-refractivity contribution in [2.24, 2.45) is 4.99 Å². The quantitative estimate of drug-likeness (QED) is 0.472. The van der Waals surface area contributed by atoms with E-state index >= 15 is 0 Å². The lowest BCUT2D eigenvalue weighted by Crippen LogP contribution is -2.40. The number of thioether (sulfide) groups is 1. The molecule has 0 aromatic rings. The second-order valence-corrected chi connectivity index (χ2v) is 7.31. The van der Waals surface area contributed by atoms with Gasteiger partial charge in [0.25, 0.3) is 0 Å². The molecule has 122 valence electrons. The number of rotatable bonds is 8. The Balaban J connectivity index is 2.33. The van der Waals surface area contributed by atoms with Crippen molar-refractivity contribution in [3.05, 3.63) is 0 Å². The number of guanidine groups is 1. The molecular formula is C15H30N4OS. The Morgan fingerprint density at radius 1 is 1.24 bits per heavy atom. The van der Waals surface area contributed by atoms with Crippen LogP contribution in [0.15, 0.2) is 4.99 Å². The topological polar surface area (TPSA) is 65.5 Å². The third-order valence-electron chi connectivity index (χ3n) is 3.43. The van der Waals surface area contributed by atoms with Crippen LogP contribution in [0.1, 0.15) is 46.5 Å². The van der Waals surface area contributed by atoms with Gasteiger partial charge in [0.05, 0.1) is 6.54 Å². The molecule has 1 amide bonds. The standard InChI is InChI=1S/C15H30N4OS/c1-4-9-17-13(20)7-10-18-14(16-5-2)19-12-15(3)8-6-11-21-15/h4-12H2,1-3H3,(H,17,20)(H2,16,18,19). The first-order valence-corrected chi connectivity index (χ1v) is 9.01. The molecule has 1 atom stereocenters. The summed E-state index contributed by atoms with van der Waals surface area (Å²) in [6.45, 7) is 9.42. The van der Waals surface area contributed by atoms with E-state index in [0.29, 0.717) is 13.0 Å². The maximum absolute atomic E-state index is 11.5. The molecule has 3 N–H and O–H groups in total. The Labute approximate surface area is 133 Å². The molecule has 0 spiro atoms. The summed E-state index contributed by atoms with van der Waals surface area (Å²) in [6, 6.07) is 0. The fourth-order valence-corrected chi connectivity index (χ4v) is 3.42. The van der Waals surface area contributed by atoms with Crippen LogP contribution >= 0.6 is 11.8 Å². The Hall–Kier alpha value is -0.910. The molecule has 0 aromatic carbocycles. The van der Waals surface area contributed by atoms with Crippen LogP contribution < -0.4 is 16.0 Å². The largest absolute Gasteiger partial charge is 0.357 e. The summed E-state index contributed by atoms with van der Waals surface area (Å²) >= 11 is 2.02. The Bertz CT molecular complexity index is 341. The highest BCUT2D eigenvalue weighted by atomic mass is 32.2. The molecule has 1 rings (SSSR count). The highest BCUT2D eigenvalue weighted by Gasteiger charge is 2.29. The number of amides is 1. The van der Waals surface area contributed by atoms with Gasteiger partial charge in [0.1, 0.15) is 0 Å². The Morgan fingerprint density at radius 2 is 2.05 bits per heavy atom. The van der Waals surface area contributed by atoms with Gasteiger partial charge in [-0.05, 0) is 38.9 Å². The van der Waals surface area contributed by atoms with Gasteiger partial charge in [-0.25, -0.2) is 0 Å². The first-order valence-electron chi connectivity index (χ1n) is 8.02. The summed E-state index contributed by atoms with van der Waals surface area (Å²) < 4.78 is 0.279. The van der Waals surface area contributed by atoms with Crippen molar-refractivity contribution in [3.8, 4) is 0 Å². The minimum Gasteiger partial charge on any atom is -0.357 e. The molecule has 6 heteroatoms. The average molecular weight is 314 g/mol. The van der Waals surface area contributed by atoms with Gasteiger partial charge in [-0.15, -0.1) is 0 Å². The van der Waals surface area contributed by atoms with Crippen LogP contribution in [0.25, 0.3) is 0 Å². The first-order chi connectivity index (χ1) is 10.1. The van der Waals surface area contributed by atoms with Crippen LogP contribution in [0.5, 0.6) is 0 Å². The molecule has 0 saturated carbocycles. The van der Waals surface area contributed by atoms with E-state index in [4.69, 9.17) is 0 Å². The zero-order chi connectivity index (χ0) is 15.6. The number of aliphatic imine (C=N–C) groups is 1. The van der Waals surface area contributed by atoms with Gasteiger partial charge in [0.15, 0.2) is 5.96 Å². The van der Waals surface area contributed by atoms with E-state index in [1.165, 1.54) is 18.6 Å². The number of carbonyl (C=O) groups is 1. The van der Waals surface area contributed by atoms with E-state index in [1.807, 2.05) is 11.8 Å². The molecule has 0 aliphatic carbocycles. The van der Waals surface area contributed by atoms with Gasteiger partial charge in [-0.1, -0.05) is 6.92 Å². The molecule has 1 heterocycles. The van der Waals surface area contributed by atoms with Crippen LogP contribution in [0.4, 0.5) is 0 Å². The zero-order valence-electron chi connectivity index (χ0n) is 13.6. The lowest BCUT2D eigenvalue weighted by molar-refractivity contribution is -0.120. The summed E-state index contributed by atoms with van der Waals surface area (Å²) in [7, 11) is 0. The normalized spacial score (nSPS) is 22.1. The predicted molar refractivity (Wildman–Crippen MR) is 92.0 cm³/mol. The molecule has 1 fully saturated rings. The smallest absolute Gasteiger partial charge is 0.221 e. The molecule has 0 bridgehead atoms. The predicted octanol–water partition coefficient (Wildman–Crippen LogP) is 1.74. The van der Waals surface area contributed by atoms with Crippen molar-refractivity contribution in [1.82, 2.24) is 16.0 Å². The van der Waals surface area contributed by atoms with E-state index in [2.05, 4.69) is 41.7 Å². The van der Waals surface area contributed by atoms with E-state index in [9.17, 15) is 4.79 Å². The van der Waals surface area contributed by atoms with E-state index in [-0.39, 0.29) is 10.7 Å². The molecule has 0 radical (unpaired) electrons. The van der Waals surface area contributed by atoms with Crippen LogP contribution in [0.3, 0.4) is 0 Å². The van der Waals surface area contributed by atoms with Crippen molar-refractivity contribution in [2.45, 2.75) is 51.2 Å². The Kier molecular flexibility index (Phi) is 8.57. The monoisotopic (exact) mass is 314 g/mol. The Morgan fingerprint density at radius 3 is 2.67 bits per heavy atom. The van der Waals surface area contributed by atoms with Crippen molar-refractivity contribution < 1.29 is 4.79 Å². The maximum atomic E-state index is 11.5. The number of hydrogen-bond donors (Lipinski definition) is 3. The van der Waals surface area contributed by atoms with Crippen LogP contribution in [-0.2, 0) is 4.79 Å². The van der Waals surface area contributed by atoms with Crippen molar-refractivity contribution in [2.75, 3.05) is 31.9 Å². The molecule has 1 aliphatic rings. The lowest BCUT2D eigenvalue weighted by atomic mass is 10.1. The molecule has 0 aromatic heterocycles. The van der Waals surface area contributed by atoms with Gasteiger partial charge in [0.2, 0.25) is 5.91 Å². The molecule has 5 nitrogen and oxygen atoms in total. The SMILES string of the molecule is CCCNC(=O)CCNC(=NCC1(C)CCCS1)NCC. The summed E-state index contributed by atoms with van der Waals surface area (Å²) in [6.07, 6.45) is 3.98. The number of nitrogens with zero attached hydrogens (tertiary/aromatic N) is 1. The molecule has 1 saturated heterocycles. The van der Waals surface area contributed by atoms with Crippen LogP contribution in [0, 0.1) is 0 Å². The van der Waals surface area contributed by atoms with Gasteiger partial charge >= 0.3 is 0 Å². The first kappa shape index (κ1) is 18.1. The second kappa shape index (κ2) is 9.92. The number of hydrogen-bond acceptors (Lipinski definition) is 3. The lowest BCUT2D eigenvalue weighted by Gasteiger charge is -2.21. The summed E-state index contributed by atoms with van der Waals surface area (Å²) in [5.41, 5.74) is 0.